The Labute approximate surface area is 257 Å². The van der Waals surface area contributed by atoms with Crippen molar-refractivity contribution in [2.24, 2.45) is 5.92 Å². The van der Waals surface area contributed by atoms with Gasteiger partial charge in [0.2, 0.25) is 0 Å². The van der Waals surface area contributed by atoms with Crippen LogP contribution in [0.1, 0.15) is 53.2 Å². The zero-order chi connectivity index (χ0) is 29.9. The fourth-order valence-corrected chi connectivity index (χ4v) is 6.93. The van der Waals surface area contributed by atoms with Crippen LogP contribution in [0.15, 0.2) is 42.9 Å². The molecular weight excluding hydrogens is 599 g/mol. The van der Waals surface area contributed by atoms with Crippen molar-refractivity contribution in [1.29, 1.82) is 0 Å². The van der Waals surface area contributed by atoms with Crippen LogP contribution in [0.5, 0.6) is 5.75 Å². The summed E-state index contributed by atoms with van der Waals surface area (Å²) in [6.45, 7) is 8.96. The Morgan fingerprint density at radius 3 is 2.71 bits per heavy atom. The minimum absolute atomic E-state index is 0.174. The van der Waals surface area contributed by atoms with Crippen molar-refractivity contribution in [2.45, 2.75) is 70.9 Å². The maximum Gasteiger partial charge on any atom is 0.327 e. The van der Waals surface area contributed by atoms with Gasteiger partial charge < -0.3 is 23.1 Å². The number of hydrogen-bond donors (Lipinski definition) is 2. The van der Waals surface area contributed by atoms with Gasteiger partial charge >= 0.3 is 14.5 Å². The third-order valence-electron chi connectivity index (χ3n) is 7.16. The van der Waals surface area contributed by atoms with Crippen LogP contribution < -0.4 is 19.5 Å². The summed E-state index contributed by atoms with van der Waals surface area (Å²) in [6.07, 6.45) is 7.10. The molecule has 5 rings (SSSR count). The Balaban J connectivity index is 1.28. The molecule has 0 spiro atoms. The number of halogens is 1. The maximum absolute atomic E-state index is 12.8. The van der Waals surface area contributed by atoms with E-state index in [1.807, 2.05) is 37.4 Å². The zero-order valence-corrected chi connectivity index (χ0v) is 26.9. The van der Waals surface area contributed by atoms with Crippen LogP contribution in [0.25, 0.3) is 11.0 Å². The second kappa shape index (κ2) is 13.6. The second-order valence-corrected chi connectivity index (χ2v) is 13.0. The van der Waals surface area contributed by atoms with Gasteiger partial charge in [-0.3, -0.25) is 9.80 Å². The molecule has 1 saturated carbocycles. The largest absolute Gasteiger partial charge is 0.462 e. The first-order valence-electron chi connectivity index (χ1n) is 14.1. The first kappa shape index (κ1) is 31.3. The van der Waals surface area contributed by atoms with Crippen molar-refractivity contribution in [3.8, 4) is 5.75 Å². The van der Waals surface area contributed by atoms with Gasteiger partial charge in [-0.15, -0.1) is 0 Å². The number of nitrogens with zero attached hydrogens (tertiary/aromatic N) is 4. The molecular formula is C28H38ClN6O5PS. The number of esters is 1. The van der Waals surface area contributed by atoms with E-state index in [1.165, 1.54) is 11.9 Å². The number of carbonyl (C=O) groups excluding carboxylic acids is 1. The fraction of sp³-hybridized carbons (Fsp3) is 0.536. The maximum atomic E-state index is 12.8. The summed E-state index contributed by atoms with van der Waals surface area (Å²) in [5, 5.41) is 6.88. The van der Waals surface area contributed by atoms with E-state index < -0.39 is 14.1 Å². The molecule has 3 heterocycles. The number of nitrogens with one attached hydrogen (secondary N) is 2. The summed E-state index contributed by atoms with van der Waals surface area (Å²) in [7, 11) is -1.68. The molecule has 1 aromatic carbocycles. The van der Waals surface area contributed by atoms with E-state index in [1.54, 1.807) is 30.6 Å². The minimum Gasteiger partial charge on any atom is -0.462 e. The summed E-state index contributed by atoms with van der Waals surface area (Å²) in [5.74, 6) is 1.35. The molecule has 0 bridgehead atoms. The SMILES string of the molecule is CCN(NSC)c1ncnc2c1ccn2[C@@H]1OC(COP(NC2(C(=O)OC(C)C)CC2)Oc2ccc(Cl)cc2)CC1C. The smallest absolute Gasteiger partial charge is 0.327 e. The van der Waals surface area contributed by atoms with E-state index in [2.05, 4.69) is 38.3 Å². The molecule has 42 heavy (non-hydrogen) atoms. The number of rotatable bonds is 14. The van der Waals surface area contributed by atoms with Crippen molar-refractivity contribution in [2.75, 3.05) is 24.4 Å². The van der Waals surface area contributed by atoms with Crippen LogP contribution >= 0.6 is 32.1 Å². The van der Waals surface area contributed by atoms with Crippen LogP contribution in [0.3, 0.4) is 0 Å². The highest BCUT2D eigenvalue weighted by Crippen LogP contribution is 2.48. The van der Waals surface area contributed by atoms with Gasteiger partial charge in [0.15, 0.2) is 5.82 Å². The molecule has 3 unspecified atom stereocenters. The molecule has 1 aliphatic heterocycles. The highest BCUT2D eigenvalue weighted by atomic mass is 35.5. The molecule has 14 heteroatoms. The summed E-state index contributed by atoms with van der Waals surface area (Å²) < 4.78 is 26.6. The van der Waals surface area contributed by atoms with E-state index in [4.69, 9.17) is 30.1 Å². The number of benzene rings is 1. The summed E-state index contributed by atoms with van der Waals surface area (Å²) in [6, 6.07) is 9.10. The number of aromatic nitrogens is 3. The number of anilines is 1. The Bertz CT molecular complexity index is 1360. The molecule has 0 amide bonds. The van der Waals surface area contributed by atoms with Crippen LogP contribution in [0, 0.1) is 5.92 Å². The third kappa shape index (κ3) is 7.13. The normalized spacial score (nSPS) is 21.9. The average Bonchev–Trinajstić information content (AvgIpc) is 3.48. The lowest BCUT2D eigenvalue weighted by Gasteiger charge is -2.25. The van der Waals surface area contributed by atoms with Gasteiger partial charge in [-0.2, -0.15) is 4.83 Å². The molecule has 3 aromatic rings. The van der Waals surface area contributed by atoms with Crippen LogP contribution in [-0.2, 0) is 18.8 Å². The Morgan fingerprint density at radius 2 is 2.05 bits per heavy atom. The number of hydrazine groups is 1. The predicted octanol–water partition coefficient (Wildman–Crippen LogP) is 6.01. The van der Waals surface area contributed by atoms with Crippen LogP contribution in [-0.4, -0.2) is 57.7 Å². The molecule has 11 nitrogen and oxygen atoms in total. The van der Waals surface area contributed by atoms with Gasteiger partial charge in [0, 0.05) is 23.7 Å². The first-order chi connectivity index (χ1) is 20.2. The molecule has 228 valence electrons. The van der Waals surface area contributed by atoms with Gasteiger partial charge in [-0.05, 0) is 76.6 Å². The Hall–Kier alpha value is -2.18. The fourth-order valence-electron chi connectivity index (χ4n) is 4.92. The molecule has 2 aliphatic rings. The summed E-state index contributed by atoms with van der Waals surface area (Å²) >= 11 is 7.58. The molecule has 4 atom stereocenters. The van der Waals surface area contributed by atoms with E-state index >= 15 is 0 Å². The van der Waals surface area contributed by atoms with E-state index in [0.29, 0.717) is 30.2 Å². The lowest BCUT2D eigenvalue weighted by molar-refractivity contribution is -0.150. The first-order valence-corrected chi connectivity index (χ1v) is 16.9. The number of hydrogen-bond acceptors (Lipinski definition) is 11. The molecule has 1 aliphatic carbocycles. The molecule has 0 radical (unpaired) electrons. The topological polar surface area (TPSA) is 112 Å². The van der Waals surface area contributed by atoms with Gasteiger partial charge in [0.1, 0.15) is 29.5 Å². The van der Waals surface area contributed by atoms with E-state index in [0.717, 1.165) is 29.8 Å². The molecule has 1 saturated heterocycles. The summed E-state index contributed by atoms with van der Waals surface area (Å²) in [4.78, 5) is 25.2. The standard InChI is InChI=1S/C28H38ClN6O5PS/c1-6-35(33-42-5)25-23-11-14-34(24(23)30-17-31-25)26-19(4)15-22(39-26)16-37-41(40-21-9-7-20(29)8-10-21)32-28(12-13-28)27(36)38-18(2)3/h7-11,14,17-19,22,26,32-33H,6,12-13,15-16H2,1-5H3/t19?,22?,26-,41?/m1/s1. The Morgan fingerprint density at radius 1 is 1.29 bits per heavy atom. The van der Waals surface area contributed by atoms with E-state index in [-0.39, 0.29) is 30.3 Å². The quantitative estimate of drug-likeness (QED) is 0.0938. The van der Waals surface area contributed by atoms with Crippen LogP contribution in [0.2, 0.25) is 5.02 Å². The lowest BCUT2D eigenvalue weighted by atomic mass is 10.1. The second-order valence-electron chi connectivity index (χ2n) is 10.8. The monoisotopic (exact) mass is 636 g/mol. The van der Waals surface area contributed by atoms with Crippen molar-refractivity contribution in [1.82, 2.24) is 24.5 Å². The van der Waals surface area contributed by atoms with E-state index in [9.17, 15) is 4.79 Å². The summed E-state index contributed by atoms with van der Waals surface area (Å²) in [5.41, 5.74) is 0.0161. The van der Waals surface area contributed by atoms with Crippen molar-refractivity contribution < 1.29 is 23.3 Å². The van der Waals surface area contributed by atoms with Gasteiger partial charge in [0.05, 0.1) is 24.2 Å². The molecule has 2 N–H and O–H groups in total. The molecule has 2 aromatic heterocycles. The predicted molar refractivity (Wildman–Crippen MR) is 166 cm³/mol. The number of ether oxygens (including phenoxy) is 2. The lowest BCUT2D eigenvalue weighted by Crippen LogP contribution is -2.40. The van der Waals surface area contributed by atoms with Gasteiger partial charge in [-0.1, -0.05) is 30.5 Å². The highest BCUT2D eigenvalue weighted by Gasteiger charge is 2.54. The minimum atomic E-state index is -1.68. The Kier molecular flexibility index (Phi) is 10.1. The number of carbonyl (C=O) groups is 1. The average molecular weight is 637 g/mol. The van der Waals surface area contributed by atoms with Crippen LogP contribution in [0.4, 0.5) is 5.82 Å². The van der Waals surface area contributed by atoms with Crippen molar-refractivity contribution in [3.05, 3.63) is 47.9 Å². The molecule has 2 fully saturated rings. The third-order valence-corrected chi connectivity index (χ3v) is 9.18. The number of fused-ring (bicyclic) bond motifs is 1. The highest BCUT2D eigenvalue weighted by molar-refractivity contribution is 7.96. The zero-order valence-electron chi connectivity index (χ0n) is 24.4. The van der Waals surface area contributed by atoms with Crippen molar-refractivity contribution in [3.63, 3.8) is 0 Å². The van der Waals surface area contributed by atoms with Gasteiger partial charge in [-0.25, -0.2) is 15.1 Å². The van der Waals surface area contributed by atoms with Crippen molar-refractivity contribution >= 4 is 54.9 Å². The van der Waals surface area contributed by atoms with Gasteiger partial charge in [0.25, 0.3) is 0 Å².